The lowest BCUT2D eigenvalue weighted by Crippen LogP contribution is -2.52. The summed E-state index contributed by atoms with van der Waals surface area (Å²) in [6.07, 6.45) is 16.1. The van der Waals surface area contributed by atoms with Crippen LogP contribution in [0.2, 0.25) is 13.1 Å². The van der Waals surface area contributed by atoms with E-state index in [1.54, 1.807) is 11.1 Å². The summed E-state index contributed by atoms with van der Waals surface area (Å²) < 4.78 is 2.39. The Morgan fingerprint density at radius 2 is 1.36 bits per heavy atom. The molecule has 0 unspecified atom stereocenters. The molecule has 2 saturated carbocycles. The first-order chi connectivity index (χ1) is 18.9. The van der Waals surface area contributed by atoms with Crippen LogP contribution in [0.1, 0.15) is 92.7 Å². The van der Waals surface area contributed by atoms with E-state index >= 15 is 0 Å². The Bertz CT molecular complexity index is 1460. The van der Waals surface area contributed by atoms with Crippen molar-refractivity contribution in [3.63, 3.8) is 0 Å². The summed E-state index contributed by atoms with van der Waals surface area (Å²) in [4.78, 5) is 0. The normalized spacial score (nSPS) is 17.5. The molecule has 6 rings (SSSR count). The van der Waals surface area contributed by atoms with Crippen LogP contribution in [-0.4, -0.2) is 8.07 Å². The molecule has 0 aliphatic heterocycles. The molecule has 0 radical (unpaired) electrons. The van der Waals surface area contributed by atoms with E-state index in [2.05, 4.69) is 105 Å². The molecule has 202 valence electrons. The van der Waals surface area contributed by atoms with Crippen LogP contribution in [0.3, 0.4) is 0 Å². The van der Waals surface area contributed by atoms with Crippen molar-refractivity contribution in [2.75, 3.05) is 0 Å². The van der Waals surface area contributed by atoms with Gasteiger partial charge in [-0.15, -0.1) is 0 Å². The molecule has 0 saturated heterocycles. The molecule has 2 aliphatic rings. The van der Waals surface area contributed by atoms with Gasteiger partial charge in [0.25, 0.3) is 0 Å². The van der Waals surface area contributed by atoms with E-state index in [0.29, 0.717) is 0 Å². The molecule has 0 spiro atoms. The highest BCUT2D eigenvalue weighted by Gasteiger charge is 2.29. The second-order valence-corrected chi connectivity index (χ2v) is 17.4. The summed E-state index contributed by atoms with van der Waals surface area (Å²) in [6, 6.07) is 26.1. The van der Waals surface area contributed by atoms with Crippen molar-refractivity contribution < 1.29 is 4.57 Å². The first-order valence-corrected chi connectivity index (χ1v) is 18.6. The van der Waals surface area contributed by atoms with Gasteiger partial charge in [0.2, 0.25) is 5.69 Å². The van der Waals surface area contributed by atoms with Crippen LogP contribution in [0, 0.1) is 6.92 Å². The van der Waals surface area contributed by atoms with Gasteiger partial charge >= 0.3 is 0 Å². The van der Waals surface area contributed by atoms with Crippen molar-refractivity contribution in [3.05, 3.63) is 89.6 Å². The van der Waals surface area contributed by atoms with Crippen LogP contribution in [0.4, 0.5) is 0 Å². The molecular formula is C37H46NSi+. The highest BCUT2D eigenvalue weighted by atomic mass is 28.3. The second-order valence-electron chi connectivity index (χ2n) is 13.0. The summed E-state index contributed by atoms with van der Waals surface area (Å²) in [5.74, 6) is 1.45. The number of hydrogen-bond donors (Lipinski definition) is 0. The monoisotopic (exact) mass is 532 g/mol. The van der Waals surface area contributed by atoms with E-state index in [1.807, 2.05) is 0 Å². The molecule has 0 N–H and O–H groups in total. The van der Waals surface area contributed by atoms with E-state index in [1.165, 1.54) is 102 Å². The van der Waals surface area contributed by atoms with Crippen molar-refractivity contribution >= 4 is 29.2 Å². The molecule has 2 heteroatoms. The first kappa shape index (κ1) is 26.5. The summed E-state index contributed by atoms with van der Waals surface area (Å²) in [5.41, 5.74) is 7.65. The third-order valence-corrected chi connectivity index (χ3v) is 13.7. The van der Waals surface area contributed by atoms with E-state index in [9.17, 15) is 0 Å². The first-order valence-electron chi connectivity index (χ1n) is 15.6. The van der Waals surface area contributed by atoms with Crippen LogP contribution >= 0.6 is 0 Å². The van der Waals surface area contributed by atoms with Gasteiger partial charge in [0, 0.05) is 6.07 Å². The number of aryl methyl sites for hydroxylation is 1. The van der Waals surface area contributed by atoms with E-state index in [-0.39, 0.29) is 0 Å². The molecule has 39 heavy (non-hydrogen) atoms. The fourth-order valence-electron chi connectivity index (χ4n) is 7.63. The summed E-state index contributed by atoms with van der Waals surface area (Å²) >= 11 is 0. The number of nitrogens with zero attached hydrogens (tertiary/aromatic N) is 1. The van der Waals surface area contributed by atoms with E-state index in [4.69, 9.17) is 0 Å². The van der Waals surface area contributed by atoms with Gasteiger partial charge < -0.3 is 0 Å². The summed E-state index contributed by atoms with van der Waals surface area (Å²) in [7, 11) is 0.485. The van der Waals surface area contributed by atoms with Crippen LogP contribution in [0.25, 0.3) is 22.0 Å². The van der Waals surface area contributed by atoms with Gasteiger partial charge in [-0.05, 0) is 78.7 Å². The topological polar surface area (TPSA) is 3.88 Å². The van der Waals surface area contributed by atoms with Crippen LogP contribution < -0.4 is 14.9 Å². The third kappa shape index (κ3) is 5.13. The SMILES string of the molecule is Cc1c(-c2c3ccc([Si](C)(C)c4ccccc4)cc3cc[n+]2C)cc(C2CCCCC2)cc1C1CCCCC1. The zero-order valence-electron chi connectivity index (χ0n) is 24.6. The average molecular weight is 533 g/mol. The smallest absolute Gasteiger partial charge is 0.200 e. The quantitative estimate of drug-likeness (QED) is 0.179. The van der Waals surface area contributed by atoms with Gasteiger partial charge in [0.15, 0.2) is 6.20 Å². The molecule has 2 fully saturated rings. The fraction of sp³-hybridized carbons (Fsp3) is 0.432. The number of fused-ring (bicyclic) bond motifs is 1. The lowest BCUT2D eigenvalue weighted by atomic mass is 9.76. The maximum atomic E-state index is 2.65. The minimum atomic E-state index is -1.76. The minimum Gasteiger partial charge on any atom is -0.200 e. The Morgan fingerprint density at radius 1 is 0.692 bits per heavy atom. The van der Waals surface area contributed by atoms with Gasteiger partial charge in [-0.3, -0.25) is 0 Å². The highest BCUT2D eigenvalue weighted by molar-refractivity contribution is 7.00. The number of rotatable bonds is 5. The molecule has 1 nitrogen and oxygen atoms in total. The number of pyridine rings is 1. The highest BCUT2D eigenvalue weighted by Crippen LogP contribution is 2.42. The van der Waals surface area contributed by atoms with Gasteiger partial charge in [-0.1, -0.05) is 111 Å². The number of aromatic nitrogens is 1. The number of benzene rings is 3. The zero-order chi connectivity index (χ0) is 27.0. The number of hydrogen-bond acceptors (Lipinski definition) is 0. The molecule has 0 bridgehead atoms. The molecule has 1 heterocycles. The Kier molecular flexibility index (Phi) is 7.51. The lowest BCUT2D eigenvalue weighted by Gasteiger charge is -2.28. The van der Waals surface area contributed by atoms with Crippen molar-refractivity contribution in [1.82, 2.24) is 0 Å². The van der Waals surface area contributed by atoms with Gasteiger partial charge in [-0.25, -0.2) is 4.57 Å². The van der Waals surface area contributed by atoms with Crippen molar-refractivity contribution in [1.29, 1.82) is 0 Å². The van der Waals surface area contributed by atoms with E-state index < -0.39 is 8.07 Å². The molecule has 0 atom stereocenters. The van der Waals surface area contributed by atoms with Gasteiger partial charge in [0.05, 0.1) is 10.9 Å². The fourth-order valence-corrected chi connectivity index (χ4v) is 10.0. The maximum Gasteiger partial charge on any atom is 0.220 e. The average Bonchev–Trinajstić information content (AvgIpc) is 2.98. The predicted octanol–water partition coefficient (Wildman–Crippen LogP) is 8.56. The van der Waals surface area contributed by atoms with E-state index in [0.717, 1.165) is 11.8 Å². The Hall–Kier alpha value is -2.71. The zero-order valence-corrected chi connectivity index (χ0v) is 25.6. The van der Waals surface area contributed by atoms with Gasteiger partial charge in [0.1, 0.15) is 15.1 Å². The van der Waals surface area contributed by atoms with Gasteiger partial charge in [-0.2, -0.15) is 0 Å². The Labute approximate surface area is 237 Å². The summed E-state index contributed by atoms with van der Waals surface area (Å²) in [6.45, 7) is 7.39. The van der Waals surface area contributed by atoms with Crippen molar-refractivity contribution in [2.24, 2.45) is 7.05 Å². The second kappa shape index (κ2) is 11.0. The predicted molar refractivity (Wildman–Crippen MR) is 170 cm³/mol. The largest absolute Gasteiger partial charge is 0.220 e. The van der Waals surface area contributed by atoms with Crippen molar-refractivity contribution in [2.45, 2.75) is 96.1 Å². The standard InChI is InChI=1S/C37H46NSi/c1-27-35(29-16-10-6-11-17-29)25-31(28-14-8-5-9-15-28)26-36(27)37-34-21-20-33(24-30(34)22-23-38(37)2)39(3,4)32-18-12-7-13-19-32/h7,12-13,18-26,28-29H,5-6,8-11,14-17H2,1-4H3/q+1. The molecule has 2 aliphatic carbocycles. The van der Waals surface area contributed by atoms with Crippen LogP contribution in [0.15, 0.2) is 72.9 Å². The molecule has 0 amide bonds. The van der Waals surface area contributed by atoms with Crippen LogP contribution in [0.5, 0.6) is 0 Å². The third-order valence-electron chi connectivity index (χ3n) is 10.2. The van der Waals surface area contributed by atoms with Crippen LogP contribution in [-0.2, 0) is 7.05 Å². The Morgan fingerprint density at radius 3 is 2.05 bits per heavy atom. The molecular weight excluding hydrogens is 487 g/mol. The maximum absolute atomic E-state index is 2.65. The Balaban J connectivity index is 1.51. The lowest BCUT2D eigenvalue weighted by molar-refractivity contribution is -0.659. The molecule has 3 aromatic carbocycles. The summed E-state index contributed by atoms with van der Waals surface area (Å²) in [5, 5.41) is 5.77. The molecule has 4 aromatic rings. The van der Waals surface area contributed by atoms with Crippen molar-refractivity contribution in [3.8, 4) is 11.3 Å². The minimum absolute atomic E-state index is 0.727. The molecule has 1 aromatic heterocycles.